The Morgan fingerprint density at radius 1 is 1.36 bits per heavy atom. The zero-order chi connectivity index (χ0) is 15.3. The standard InChI is InChI=1S/C16H18N2O3S/c19-14-8-4-9(10(5-8)15(14)20)6-18-16(21)11-7-22-12-2-1-3-17-13(11)12/h1-3,7-10,14-15,19-20H,4-6H2,(H,18,21)/t8-,9-,10-,14+,15-/m1/s1. The van der Waals surface area contributed by atoms with E-state index >= 15 is 0 Å². The molecular formula is C16H18N2O3S. The number of carbonyl (C=O) groups excluding carboxylic acids is 1. The first-order chi connectivity index (χ1) is 10.6. The Labute approximate surface area is 132 Å². The molecule has 22 heavy (non-hydrogen) atoms. The molecule has 2 aliphatic rings. The van der Waals surface area contributed by atoms with E-state index in [-0.39, 0.29) is 23.7 Å². The Bertz CT molecular complexity index is 714. The van der Waals surface area contributed by atoms with Crippen molar-refractivity contribution in [3.05, 3.63) is 29.3 Å². The van der Waals surface area contributed by atoms with Crippen molar-refractivity contribution in [3.8, 4) is 0 Å². The number of hydrogen-bond acceptors (Lipinski definition) is 5. The average Bonchev–Trinajstić information content (AvgIpc) is 3.20. The molecule has 0 unspecified atom stereocenters. The van der Waals surface area contributed by atoms with E-state index < -0.39 is 12.2 Å². The predicted octanol–water partition coefficient (Wildman–Crippen LogP) is 1.40. The minimum Gasteiger partial charge on any atom is -0.390 e. The van der Waals surface area contributed by atoms with Crippen LogP contribution in [0.5, 0.6) is 0 Å². The van der Waals surface area contributed by atoms with Gasteiger partial charge in [0.05, 0.1) is 28.0 Å². The summed E-state index contributed by atoms with van der Waals surface area (Å²) in [7, 11) is 0. The first-order valence-electron chi connectivity index (χ1n) is 7.61. The van der Waals surface area contributed by atoms with Crippen molar-refractivity contribution in [2.24, 2.45) is 17.8 Å². The molecule has 2 aromatic rings. The third-order valence-corrected chi connectivity index (χ3v) is 6.09. The molecule has 0 saturated heterocycles. The molecule has 116 valence electrons. The van der Waals surface area contributed by atoms with Gasteiger partial charge in [0.15, 0.2) is 0 Å². The second-order valence-corrected chi connectivity index (χ2v) is 7.26. The Kier molecular flexibility index (Phi) is 3.40. The van der Waals surface area contributed by atoms with E-state index in [4.69, 9.17) is 0 Å². The van der Waals surface area contributed by atoms with Gasteiger partial charge in [-0.2, -0.15) is 0 Å². The van der Waals surface area contributed by atoms with Crippen molar-refractivity contribution in [2.45, 2.75) is 25.0 Å². The molecule has 2 fully saturated rings. The zero-order valence-corrected chi connectivity index (χ0v) is 12.8. The largest absolute Gasteiger partial charge is 0.390 e. The molecule has 5 nitrogen and oxygen atoms in total. The van der Waals surface area contributed by atoms with Crippen LogP contribution in [0.1, 0.15) is 23.2 Å². The molecule has 2 saturated carbocycles. The number of nitrogens with one attached hydrogen (secondary N) is 1. The minimum absolute atomic E-state index is 0.109. The van der Waals surface area contributed by atoms with Crippen LogP contribution in [0, 0.1) is 17.8 Å². The van der Waals surface area contributed by atoms with Crippen LogP contribution in [-0.4, -0.2) is 39.9 Å². The van der Waals surface area contributed by atoms with Crippen LogP contribution in [0.25, 0.3) is 10.2 Å². The maximum atomic E-state index is 12.4. The monoisotopic (exact) mass is 318 g/mol. The van der Waals surface area contributed by atoms with Crippen LogP contribution in [0.2, 0.25) is 0 Å². The van der Waals surface area contributed by atoms with Gasteiger partial charge in [-0.05, 0) is 42.7 Å². The number of hydrogen-bond donors (Lipinski definition) is 3. The van der Waals surface area contributed by atoms with E-state index in [1.807, 2.05) is 17.5 Å². The van der Waals surface area contributed by atoms with E-state index in [0.29, 0.717) is 12.1 Å². The first-order valence-corrected chi connectivity index (χ1v) is 8.49. The van der Waals surface area contributed by atoms with Gasteiger partial charge in [0, 0.05) is 18.1 Å². The fourth-order valence-corrected chi connectivity index (χ4v) is 4.91. The number of aliphatic hydroxyl groups excluding tert-OH is 2. The summed E-state index contributed by atoms with van der Waals surface area (Å²) < 4.78 is 1.01. The lowest BCUT2D eigenvalue weighted by atomic mass is 9.85. The number of amides is 1. The van der Waals surface area contributed by atoms with Crippen molar-refractivity contribution in [1.82, 2.24) is 10.3 Å². The third-order valence-electron chi connectivity index (χ3n) is 5.16. The molecule has 0 aromatic carbocycles. The maximum Gasteiger partial charge on any atom is 0.254 e. The highest BCUT2D eigenvalue weighted by Gasteiger charge is 2.51. The molecule has 0 spiro atoms. The predicted molar refractivity (Wildman–Crippen MR) is 83.7 cm³/mol. The number of thiophene rings is 1. The maximum absolute atomic E-state index is 12.4. The van der Waals surface area contributed by atoms with Gasteiger partial charge in [-0.3, -0.25) is 9.78 Å². The van der Waals surface area contributed by atoms with Crippen LogP contribution >= 0.6 is 11.3 Å². The van der Waals surface area contributed by atoms with E-state index in [9.17, 15) is 15.0 Å². The molecular weight excluding hydrogens is 300 g/mol. The molecule has 2 aromatic heterocycles. The Balaban J connectivity index is 1.43. The van der Waals surface area contributed by atoms with Crippen molar-refractivity contribution >= 4 is 27.5 Å². The van der Waals surface area contributed by atoms with Crippen LogP contribution in [0.15, 0.2) is 23.7 Å². The van der Waals surface area contributed by atoms with Gasteiger partial charge in [-0.25, -0.2) is 0 Å². The summed E-state index contributed by atoms with van der Waals surface area (Å²) in [5, 5.41) is 24.6. The topological polar surface area (TPSA) is 82.5 Å². The summed E-state index contributed by atoms with van der Waals surface area (Å²) in [5.74, 6) is 0.441. The number of carbonyl (C=O) groups is 1. The van der Waals surface area contributed by atoms with E-state index in [1.54, 1.807) is 6.20 Å². The van der Waals surface area contributed by atoms with Gasteiger partial charge in [-0.15, -0.1) is 11.3 Å². The molecule has 5 atom stereocenters. The quantitative estimate of drug-likeness (QED) is 0.799. The van der Waals surface area contributed by atoms with Gasteiger partial charge in [-0.1, -0.05) is 0 Å². The summed E-state index contributed by atoms with van der Waals surface area (Å²) in [6, 6.07) is 3.82. The van der Waals surface area contributed by atoms with Gasteiger partial charge >= 0.3 is 0 Å². The second kappa shape index (κ2) is 5.30. The Morgan fingerprint density at radius 2 is 2.23 bits per heavy atom. The SMILES string of the molecule is O=C(NC[C@H]1C[C@@H]2C[C@H]1[C@@H](O)[C@H]2O)c1csc2cccnc12. The van der Waals surface area contributed by atoms with E-state index in [1.165, 1.54) is 11.3 Å². The van der Waals surface area contributed by atoms with E-state index in [0.717, 1.165) is 23.1 Å². The Hall–Kier alpha value is -1.50. The molecule has 6 heteroatoms. The fourth-order valence-electron chi connectivity index (χ4n) is 4.01. The van der Waals surface area contributed by atoms with Crippen LogP contribution in [0.4, 0.5) is 0 Å². The minimum atomic E-state index is -0.635. The third kappa shape index (κ3) is 2.14. The summed E-state index contributed by atoms with van der Waals surface area (Å²) in [4.78, 5) is 16.7. The summed E-state index contributed by atoms with van der Waals surface area (Å²) >= 11 is 1.52. The van der Waals surface area contributed by atoms with Crippen molar-refractivity contribution < 1.29 is 15.0 Å². The van der Waals surface area contributed by atoms with Crippen molar-refractivity contribution in [1.29, 1.82) is 0 Å². The Morgan fingerprint density at radius 3 is 3.00 bits per heavy atom. The lowest BCUT2D eigenvalue weighted by molar-refractivity contribution is -0.0332. The molecule has 3 N–H and O–H groups in total. The fraction of sp³-hybridized carbons (Fsp3) is 0.500. The smallest absolute Gasteiger partial charge is 0.254 e. The summed E-state index contributed by atoms with van der Waals surface area (Å²) in [6.45, 7) is 0.550. The van der Waals surface area contributed by atoms with Crippen LogP contribution < -0.4 is 5.32 Å². The lowest BCUT2D eigenvalue weighted by Crippen LogP contribution is -2.41. The number of rotatable bonds is 3. The first kappa shape index (κ1) is 14.1. The number of fused-ring (bicyclic) bond motifs is 3. The van der Waals surface area contributed by atoms with Gasteiger partial charge in [0.25, 0.3) is 5.91 Å². The van der Waals surface area contributed by atoms with Crippen LogP contribution in [-0.2, 0) is 0 Å². The lowest BCUT2D eigenvalue weighted by Gasteiger charge is -2.29. The molecule has 4 rings (SSSR count). The highest BCUT2D eigenvalue weighted by molar-refractivity contribution is 7.17. The molecule has 2 bridgehead atoms. The molecule has 0 radical (unpaired) electrons. The average molecular weight is 318 g/mol. The normalized spacial score (nSPS) is 33.5. The number of pyridine rings is 1. The second-order valence-electron chi connectivity index (χ2n) is 6.35. The number of aromatic nitrogens is 1. The molecule has 0 aliphatic heterocycles. The van der Waals surface area contributed by atoms with Crippen LogP contribution in [0.3, 0.4) is 0 Å². The van der Waals surface area contributed by atoms with Gasteiger partial charge in [0.1, 0.15) is 0 Å². The number of aliphatic hydroxyl groups is 2. The molecule has 2 heterocycles. The molecule has 1 amide bonds. The van der Waals surface area contributed by atoms with Crippen molar-refractivity contribution in [2.75, 3.05) is 6.54 Å². The van der Waals surface area contributed by atoms with Gasteiger partial charge < -0.3 is 15.5 Å². The molecule has 2 aliphatic carbocycles. The summed E-state index contributed by atoms with van der Waals surface area (Å²) in [6.07, 6.45) is 2.23. The highest BCUT2D eigenvalue weighted by Crippen LogP contribution is 2.48. The summed E-state index contributed by atoms with van der Waals surface area (Å²) in [5.41, 5.74) is 1.36. The zero-order valence-electron chi connectivity index (χ0n) is 12.0. The van der Waals surface area contributed by atoms with Gasteiger partial charge in [0.2, 0.25) is 0 Å². The number of nitrogens with zero attached hydrogens (tertiary/aromatic N) is 1. The van der Waals surface area contributed by atoms with E-state index in [2.05, 4.69) is 10.3 Å². The van der Waals surface area contributed by atoms with Crippen molar-refractivity contribution in [3.63, 3.8) is 0 Å². The highest BCUT2D eigenvalue weighted by atomic mass is 32.1.